The van der Waals surface area contributed by atoms with E-state index in [0.717, 1.165) is 17.4 Å². The number of carbonyl (C=O) groups is 2. The van der Waals surface area contributed by atoms with Gasteiger partial charge in [0.05, 0.1) is 6.26 Å². The lowest BCUT2D eigenvalue weighted by molar-refractivity contribution is 0.109. The fourth-order valence-corrected chi connectivity index (χ4v) is 2.49. The molecule has 0 spiro atoms. The summed E-state index contributed by atoms with van der Waals surface area (Å²) in [4.78, 5) is 22.8. The second kappa shape index (κ2) is 9.41. The lowest BCUT2D eigenvalue weighted by Crippen LogP contribution is -2.19. The second-order valence-corrected chi connectivity index (χ2v) is 6.26. The number of carbonyl (C=O) groups excluding carboxylic acids is 2. The van der Waals surface area contributed by atoms with Crippen molar-refractivity contribution in [3.8, 4) is 11.5 Å². The van der Waals surface area contributed by atoms with E-state index in [1.807, 2.05) is 24.3 Å². The highest BCUT2D eigenvalue weighted by atomic mass is 16.7. The molecule has 0 unspecified atom stereocenters. The number of rotatable bonds is 7. The van der Waals surface area contributed by atoms with Gasteiger partial charge < -0.3 is 18.9 Å². The number of hydrogen-bond acceptors (Lipinski definition) is 6. The summed E-state index contributed by atoms with van der Waals surface area (Å²) in [5.41, 5.74) is 1.69. The van der Waals surface area contributed by atoms with E-state index in [2.05, 4.69) is 31.7 Å². The zero-order valence-corrected chi connectivity index (χ0v) is 15.8. The third-order valence-electron chi connectivity index (χ3n) is 4.05. The van der Waals surface area contributed by atoms with Gasteiger partial charge in [0.1, 0.15) is 18.1 Å². The van der Waals surface area contributed by atoms with Crippen LogP contribution in [0.2, 0.25) is 0 Å². The van der Waals surface area contributed by atoms with E-state index in [1.54, 1.807) is 24.3 Å². The molecule has 146 valence electrons. The standard InChI is InChI=1S/C22H22O6/c1-5-15-26-21(24)28-19-13-9-17(10-14-19)22(3,4)16-7-11-18(12-8-16)27-20(23)25-6-2/h5-14H,1-2,15H2,3-4H3. The summed E-state index contributed by atoms with van der Waals surface area (Å²) in [7, 11) is 0. The van der Waals surface area contributed by atoms with Gasteiger partial charge in [-0.25, -0.2) is 9.59 Å². The summed E-state index contributed by atoms with van der Waals surface area (Å²) < 4.78 is 19.4. The van der Waals surface area contributed by atoms with Gasteiger partial charge in [-0.05, 0) is 35.4 Å². The average Bonchev–Trinajstić information content (AvgIpc) is 2.67. The molecule has 0 fully saturated rings. The Morgan fingerprint density at radius 3 is 1.75 bits per heavy atom. The molecule has 0 bridgehead atoms. The van der Waals surface area contributed by atoms with Gasteiger partial charge in [-0.3, -0.25) is 0 Å². The van der Waals surface area contributed by atoms with Crippen molar-refractivity contribution in [1.82, 2.24) is 0 Å². The zero-order valence-electron chi connectivity index (χ0n) is 15.8. The van der Waals surface area contributed by atoms with E-state index in [-0.39, 0.29) is 12.0 Å². The first kappa shape index (κ1) is 20.8. The molecule has 2 aromatic carbocycles. The molecule has 28 heavy (non-hydrogen) atoms. The van der Waals surface area contributed by atoms with Gasteiger partial charge in [0, 0.05) is 5.41 Å². The van der Waals surface area contributed by atoms with Crippen LogP contribution in [-0.4, -0.2) is 18.9 Å². The van der Waals surface area contributed by atoms with Crippen LogP contribution in [0.4, 0.5) is 9.59 Å². The quantitative estimate of drug-likeness (QED) is 0.277. The van der Waals surface area contributed by atoms with Gasteiger partial charge in [-0.1, -0.05) is 57.3 Å². The van der Waals surface area contributed by atoms with Crippen molar-refractivity contribution >= 4 is 12.3 Å². The smallest absolute Gasteiger partial charge is 0.430 e. The number of hydrogen-bond donors (Lipinski definition) is 0. The lowest BCUT2D eigenvalue weighted by Gasteiger charge is -2.26. The monoisotopic (exact) mass is 382 g/mol. The summed E-state index contributed by atoms with van der Waals surface area (Å²) in [5, 5.41) is 0. The third kappa shape index (κ3) is 5.48. The first-order valence-electron chi connectivity index (χ1n) is 8.52. The van der Waals surface area contributed by atoms with Crippen molar-refractivity contribution in [3.05, 3.63) is 85.2 Å². The highest BCUT2D eigenvalue weighted by molar-refractivity contribution is 5.65. The minimum absolute atomic E-state index is 0.0922. The van der Waals surface area contributed by atoms with Gasteiger partial charge in [0.15, 0.2) is 0 Å². The SMILES string of the molecule is C=CCOC(=O)Oc1ccc(C(C)(C)c2ccc(OC(=O)OC=C)cc2)cc1. The third-order valence-corrected chi connectivity index (χ3v) is 4.05. The Labute approximate surface area is 164 Å². The van der Waals surface area contributed by atoms with Crippen molar-refractivity contribution in [1.29, 1.82) is 0 Å². The van der Waals surface area contributed by atoms with E-state index in [0.29, 0.717) is 11.5 Å². The molecule has 0 atom stereocenters. The van der Waals surface area contributed by atoms with Crippen LogP contribution in [-0.2, 0) is 14.9 Å². The van der Waals surface area contributed by atoms with Gasteiger partial charge in [0.25, 0.3) is 0 Å². The molecule has 0 radical (unpaired) electrons. The minimum Gasteiger partial charge on any atom is -0.430 e. The summed E-state index contributed by atoms with van der Waals surface area (Å²) in [5.74, 6) is 0.756. The highest BCUT2D eigenvalue weighted by Gasteiger charge is 2.23. The van der Waals surface area contributed by atoms with Crippen molar-refractivity contribution in [3.63, 3.8) is 0 Å². The van der Waals surface area contributed by atoms with Crippen LogP contribution in [0, 0.1) is 0 Å². The summed E-state index contributed by atoms with van der Waals surface area (Å²) >= 11 is 0. The maximum atomic E-state index is 11.5. The van der Waals surface area contributed by atoms with Crippen LogP contribution in [0.1, 0.15) is 25.0 Å². The maximum Gasteiger partial charge on any atom is 0.518 e. The van der Waals surface area contributed by atoms with Crippen LogP contribution >= 0.6 is 0 Å². The predicted octanol–water partition coefficient (Wildman–Crippen LogP) is 5.37. The Bertz CT molecular complexity index is 834. The Morgan fingerprint density at radius 1 is 0.857 bits per heavy atom. The molecule has 2 rings (SSSR count). The molecule has 6 nitrogen and oxygen atoms in total. The van der Waals surface area contributed by atoms with Crippen molar-refractivity contribution < 1.29 is 28.5 Å². The molecule has 0 saturated heterocycles. The molecule has 0 amide bonds. The van der Waals surface area contributed by atoms with Crippen LogP contribution in [0.3, 0.4) is 0 Å². The minimum atomic E-state index is -0.843. The summed E-state index contributed by atoms with van der Waals surface area (Å²) in [6, 6.07) is 14.3. The van der Waals surface area contributed by atoms with Crippen molar-refractivity contribution in [2.24, 2.45) is 0 Å². The lowest BCUT2D eigenvalue weighted by atomic mass is 9.78. The van der Waals surface area contributed by atoms with Crippen LogP contribution in [0.5, 0.6) is 11.5 Å². The molecule has 0 N–H and O–H groups in total. The number of ether oxygens (including phenoxy) is 4. The van der Waals surface area contributed by atoms with E-state index >= 15 is 0 Å². The highest BCUT2D eigenvalue weighted by Crippen LogP contribution is 2.33. The van der Waals surface area contributed by atoms with Crippen LogP contribution in [0.15, 0.2) is 74.0 Å². The number of benzene rings is 2. The molecule has 0 aliphatic heterocycles. The second-order valence-electron chi connectivity index (χ2n) is 6.26. The van der Waals surface area contributed by atoms with Gasteiger partial charge in [-0.2, -0.15) is 0 Å². The van der Waals surface area contributed by atoms with Gasteiger partial charge in [0.2, 0.25) is 0 Å². The van der Waals surface area contributed by atoms with Crippen LogP contribution < -0.4 is 9.47 Å². The topological polar surface area (TPSA) is 71.1 Å². The van der Waals surface area contributed by atoms with E-state index in [4.69, 9.17) is 14.2 Å². The fourth-order valence-electron chi connectivity index (χ4n) is 2.49. The van der Waals surface area contributed by atoms with Gasteiger partial charge in [-0.15, -0.1) is 0 Å². The first-order valence-corrected chi connectivity index (χ1v) is 8.52. The largest absolute Gasteiger partial charge is 0.518 e. The summed E-state index contributed by atoms with van der Waals surface area (Å²) in [6.07, 6.45) is 0.847. The Balaban J connectivity index is 2.08. The molecule has 2 aromatic rings. The van der Waals surface area contributed by atoms with Crippen LogP contribution in [0.25, 0.3) is 0 Å². The molecule has 6 heteroatoms. The maximum absolute atomic E-state index is 11.5. The van der Waals surface area contributed by atoms with E-state index < -0.39 is 12.3 Å². The summed E-state index contributed by atoms with van der Waals surface area (Å²) in [6.45, 7) is 11.0. The molecule has 0 aliphatic rings. The molecule has 0 heterocycles. The first-order chi connectivity index (χ1) is 13.4. The van der Waals surface area contributed by atoms with Crippen molar-refractivity contribution in [2.75, 3.05) is 6.61 Å². The Hall–Kier alpha value is -3.54. The predicted molar refractivity (Wildman–Crippen MR) is 104 cm³/mol. The Morgan fingerprint density at radius 2 is 1.32 bits per heavy atom. The molecular formula is C22H22O6. The van der Waals surface area contributed by atoms with Crippen molar-refractivity contribution in [2.45, 2.75) is 19.3 Å². The normalized spacial score (nSPS) is 10.5. The molecule has 0 aliphatic carbocycles. The molecule has 0 saturated carbocycles. The Kier molecular flexibility index (Phi) is 6.98. The molecular weight excluding hydrogens is 360 g/mol. The van der Waals surface area contributed by atoms with E-state index in [9.17, 15) is 9.59 Å². The zero-order chi connectivity index (χ0) is 20.6. The molecule has 0 aromatic heterocycles. The van der Waals surface area contributed by atoms with E-state index in [1.165, 1.54) is 6.08 Å². The fraction of sp³-hybridized carbons (Fsp3) is 0.182. The average molecular weight is 382 g/mol. The van der Waals surface area contributed by atoms with Gasteiger partial charge >= 0.3 is 12.3 Å².